The molecular formula is C22H26IN7. The quantitative estimate of drug-likeness (QED) is 0.226. The van der Waals surface area contributed by atoms with E-state index in [4.69, 9.17) is 0 Å². The first-order chi connectivity index (χ1) is 14.3. The molecule has 0 fully saturated rings. The van der Waals surface area contributed by atoms with E-state index in [1.165, 1.54) is 11.1 Å². The molecule has 0 bridgehead atoms. The molecule has 0 unspecified atom stereocenters. The third kappa shape index (κ3) is 5.59. The van der Waals surface area contributed by atoms with E-state index in [-0.39, 0.29) is 24.0 Å². The maximum atomic E-state index is 4.63. The third-order valence-corrected chi connectivity index (χ3v) is 4.77. The van der Waals surface area contributed by atoms with E-state index in [0.29, 0.717) is 6.54 Å². The molecule has 0 amide bonds. The fourth-order valence-electron chi connectivity index (χ4n) is 3.27. The molecule has 0 saturated carbocycles. The summed E-state index contributed by atoms with van der Waals surface area (Å²) in [5, 5.41) is 11.1. The van der Waals surface area contributed by atoms with E-state index in [1.807, 2.05) is 45.7 Å². The van der Waals surface area contributed by atoms with Gasteiger partial charge in [0, 0.05) is 51.3 Å². The van der Waals surface area contributed by atoms with Crippen molar-refractivity contribution in [3.8, 4) is 0 Å². The molecule has 8 heteroatoms. The number of aliphatic imine (C=N–C) groups is 1. The number of benzene rings is 1. The van der Waals surface area contributed by atoms with Gasteiger partial charge in [-0.3, -0.25) is 9.67 Å². The van der Waals surface area contributed by atoms with Gasteiger partial charge in [-0.05, 0) is 29.3 Å². The first kappa shape index (κ1) is 21.8. The average molecular weight is 515 g/mol. The van der Waals surface area contributed by atoms with Gasteiger partial charge in [0.1, 0.15) is 5.65 Å². The zero-order valence-electron chi connectivity index (χ0n) is 16.9. The molecule has 0 aliphatic rings. The van der Waals surface area contributed by atoms with Crippen LogP contribution in [-0.4, -0.2) is 38.7 Å². The molecule has 7 nitrogen and oxygen atoms in total. The fourth-order valence-corrected chi connectivity index (χ4v) is 3.27. The van der Waals surface area contributed by atoms with Crippen LogP contribution in [0, 0.1) is 0 Å². The monoisotopic (exact) mass is 515 g/mol. The van der Waals surface area contributed by atoms with Crippen molar-refractivity contribution in [3.05, 3.63) is 90.1 Å². The van der Waals surface area contributed by atoms with Crippen molar-refractivity contribution in [2.24, 2.45) is 4.99 Å². The zero-order chi connectivity index (χ0) is 19.9. The summed E-state index contributed by atoms with van der Waals surface area (Å²) in [6, 6.07) is 16.3. The van der Waals surface area contributed by atoms with E-state index in [2.05, 4.69) is 56.2 Å². The van der Waals surface area contributed by atoms with Crippen LogP contribution in [0.4, 0.5) is 0 Å². The molecule has 1 aromatic carbocycles. The molecule has 2 N–H and O–H groups in total. The molecule has 3 heterocycles. The molecule has 30 heavy (non-hydrogen) atoms. The molecular weight excluding hydrogens is 489 g/mol. The predicted molar refractivity (Wildman–Crippen MR) is 130 cm³/mol. The Labute approximate surface area is 193 Å². The molecule has 0 saturated heterocycles. The topological polar surface area (TPSA) is 71.5 Å². The number of guanidine groups is 1. The van der Waals surface area contributed by atoms with Gasteiger partial charge in [-0.15, -0.1) is 24.0 Å². The Kier molecular flexibility index (Phi) is 7.83. The molecule has 3 aromatic heterocycles. The lowest BCUT2D eigenvalue weighted by Gasteiger charge is -2.14. The Hall–Kier alpha value is -2.88. The van der Waals surface area contributed by atoms with Crippen LogP contribution in [0.25, 0.3) is 5.65 Å². The Morgan fingerprint density at radius 2 is 1.83 bits per heavy atom. The number of fused-ring (bicyclic) bond motifs is 1. The van der Waals surface area contributed by atoms with Crippen molar-refractivity contribution in [1.29, 1.82) is 0 Å². The predicted octanol–water partition coefficient (Wildman–Crippen LogP) is 3.10. The highest BCUT2D eigenvalue weighted by molar-refractivity contribution is 14.0. The van der Waals surface area contributed by atoms with Gasteiger partial charge in [-0.2, -0.15) is 5.10 Å². The Bertz CT molecular complexity index is 1050. The highest BCUT2D eigenvalue weighted by Crippen LogP contribution is 2.10. The summed E-state index contributed by atoms with van der Waals surface area (Å²) < 4.78 is 3.97. The van der Waals surface area contributed by atoms with Gasteiger partial charge in [-0.25, -0.2) is 4.98 Å². The lowest BCUT2D eigenvalue weighted by molar-refractivity contribution is 0.677. The summed E-state index contributed by atoms with van der Waals surface area (Å²) >= 11 is 0. The van der Waals surface area contributed by atoms with E-state index >= 15 is 0 Å². The number of rotatable bonds is 7. The van der Waals surface area contributed by atoms with E-state index in [1.54, 1.807) is 13.2 Å². The largest absolute Gasteiger partial charge is 0.356 e. The summed E-state index contributed by atoms with van der Waals surface area (Å²) in [7, 11) is 1.79. The van der Waals surface area contributed by atoms with Crippen molar-refractivity contribution in [2.75, 3.05) is 13.6 Å². The van der Waals surface area contributed by atoms with Gasteiger partial charge < -0.3 is 15.0 Å². The molecule has 4 aromatic rings. The molecule has 4 rings (SSSR count). The van der Waals surface area contributed by atoms with Gasteiger partial charge in [0.05, 0.1) is 12.2 Å². The molecule has 0 atom stereocenters. The van der Waals surface area contributed by atoms with Gasteiger partial charge in [0.15, 0.2) is 5.96 Å². The standard InChI is InChI=1S/C22H25N7.HI/c1-23-22(24-12-10-20-17-28-13-5-4-9-21(28)27-20)25-15-18-7-2-3-8-19(18)16-29-14-6-11-26-29;/h2-9,11,13-14,17H,10,12,15-16H2,1H3,(H2,23,24,25);1H. The van der Waals surface area contributed by atoms with Gasteiger partial charge in [0.2, 0.25) is 0 Å². The number of hydrogen-bond acceptors (Lipinski definition) is 3. The minimum Gasteiger partial charge on any atom is -0.356 e. The molecule has 0 aliphatic heterocycles. The number of pyridine rings is 1. The minimum absolute atomic E-state index is 0. The molecule has 156 valence electrons. The molecule has 0 radical (unpaired) electrons. The maximum Gasteiger partial charge on any atom is 0.191 e. The lowest BCUT2D eigenvalue weighted by Crippen LogP contribution is -2.38. The minimum atomic E-state index is 0. The van der Waals surface area contributed by atoms with Crippen LogP contribution in [0.5, 0.6) is 0 Å². The van der Waals surface area contributed by atoms with Gasteiger partial charge in [0.25, 0.3) is 0 Å². The summed E-state index contributed by atoms with van der Waals surface area (Å²) in [5.41, 5.74) is 4.50. The van der Waals surface area contributed by atoms with Crippen molar-refractivity contribution < 1.29 is 0 Å². The second-order valence-electron chi connectivity index (χ2n) is 6.77. The SMILES string of the molecule is CN=C(NCCc1cn2ccccc2n1)NCc1ccccc1Cn1cccn1.I. The molecule has 0 spiro atoms. The second-order valence-corrected chi connectivity index (χ2v) is 6.77. The average Bonchev–Trinajstić information content (AvgIpc) is 3.40. The normalized spacial score (nSPS) is 11.3. The van der Waals surface area contributed by atoms with Crippen LogP contribution in [-0.2, 0) is 19.5 Å². The number of hydrogen-bond donors (Lipinski definition) is 2. The Balaban J connectivity index is 0.00000256. The first-order valence-corrected chi connectivity index (χ1v) is 9.73. The van der Waals surface area contributed by atoms with Crippen molar-refractivity contribution in [1.82, 2.24) is 29.8 Å². The van der Waals surface area contributed by atoms with Crippen molar-refractivity contribution in [2.45, 2.75) is 19.5 Å². The van der Waals surface area contributed by atoms with Crippen LogP contribution in [0.3, 0.4) is 0 Å². The zero-order valence-corrected chi connectivity index (χ0v) is 19.2. The maximum absolute atomic E-state index is 4.63. The first-order valence-electron chi connectivity index (χ1n) is 9.73. The van der Waals surface area contributed by atoms with Crippen LogP contribution in [0.1, 0.15) is 16.8 Å². The van der Waals surface area contributed by atoms with Crippen LogP contribution < -0.4 is 10.6 Å². The van der Waals surface area contributed by atoms with Crippen molar-refractivity contribution >= 4 is 35.6 Å². The molecule has 0 aliphatic carbocycles. The number of aromatic nitrogens is 4. The summed E-state index contributed by atoms with van der Waals surface area (Å²) in [4.78, 5) is 8.96. The lowest BCUT2D eigenvalue weighted by atomic mass is 10.1. The summed E-state index contributed by atoms with van der Waals surface area (Å²) in [6.07, 6.45) is 8.69. The second kappa shape index (κ2) is 10.8. The van der Waals surface area contributed by atoms with E-state index in [9.17, 15) is 0 Å². The number of nitrogens with zero attached hydrogens (tertiary/aromatic N) is 5. The number of imidazole rings is 1. The van der Waals surface area contributed by atoms with Gasteiger partial charge >= 0.3 is 0 Å². The van der Waals surface area contributed by atoms with Crippen molar-refractivity contribution in [3.63, 3.8) is 0 Å². The smallest absolute Gasteiger partial charge is 0.191 e. The van der Waals surface area contributed by atoms with Crippen LogP contribution >= 0.6 is 24.0 Å². The van der Waals surface area contributed by atoms with E-state index in [0.717, 1.165) is 36.8 Å². The number of nitrogens with one attached hydrogen (secondary N) is 2. The van der Waals surface area contributed by atoms with E-state index < -0.39 is 0 Å². The van der Waals surface area contributed by atoms with Gasteiger partial charge in [-0.1, -0.05) is 30.3 Å². The fraction of sp³-hybridized carbons (Fsp3) is 0.227. The highest BCUT2D eigenvalue weighted by atomic mass is 127. The Morgan fingerprint density at radius 3 is 2.60 bits per heavy atom. The Morgan fingerprint density at radius 1 is 1.00 bits per heavy atom. The summed E-state index contributed by atoms with van der Waals surface area (Å²) in [6.45, 7) is 2.22. The highest BCUT2D eigenvalue weighted by Gasteiger charge is 2.05. The van der Waals surface area contributed by atoms with Crippen LogP contribution in [0.2, 0.25) is 0 Å². The van der Waals surface area contributed by atoms with Crippen LogP contribution in [0.15, 0.2) is 78.3 Å². The third-order valence-electron chi connectivity index (χ3n) is 4.77. The summed E-state index contributed by atoms with van der Waals surface area (Å²) in [5.74, 6) is 0.780. The number of halogens is 1.